The van der Waals surface area contributed by atoms with Crippen LogP contribution < -0.4 is 16.4 Å². The third-order valence-electron chi connectivity index (χ3n) is 7.27. The molecule has 4 N–H and O–H groups in total. The highest BCUT2D eigenvalue weighted by Gasteiger charge is 2.49. The van der Waals surface area contributed by atoms with Crippen LogP contribution in [0.3, 0.4) is 0 Å². The van der Waals surface area contributed by atoms with E-state index < -0.39 is 23.1 Å². The molecule has 34 heavy (non-hydrogen) atoms. The molecule has 0 unspecified atom stereocenters. The van der Waals surface area contributed by atoms with Gasteiger partial charge in [-0.05, 0) is 43.4 Å². The summed E-state index contributed by atoms with van der Waals surface area (Å²) in [6.07, 6.45) is 3.61. The molecule has 0 radical (unpaired) electrons. The van der Waals surface area contributed by atoms with Gasteiger partial charge in [-0.3, -0.25) is 9.79 Å². The monoisotopic (exact) mass is 468 g/mol. The number of nitrogens with zero attached hydrogens (tertiary/aromatic N) is 3. The zero-order valence-corrected chi connectivity index (χ0v) is 18.6. The Morgan fingerprint density at radius 2 is 1.97 bits per heavy atom. The number of pyridine rings is 1. The van der Waals surface area contributed by atoms with Gasteiger partial charge in [-0.1, -0.05) is 18.2 Å². The van der Waals surface area contributed by atoms with Gasteiger partial charge < -0.3 is 21.3 Å². The Labute approximate surface area is 195 Å². The molecule has 8 nitrogen and oxygen atoms in total. The number of nitrogens with one attached hydrogen (secondary N) is 2. The fourth-order valence-electron chi connectivity index (χ4n) is 5.24. The van der Waals surface area contributed by atoms with Crippen molar-refractivity contribution in [2.75, 3.05) is 25.0 Å². The summed E-state index contributed by atoms with van der Waals surface area (Å²) < 4.78 is 27.9. The van der Waals surface area contributed by atoms with Gasteiger partial charge in [0.25, 0.3) is 0 Å². The number of hydrogen-bond donors (Lipinski definition) is 3. The van der Waals surface area contributed by atoms with Gasteiger partial charge in [0.15, 0.2) is 11.6 Å². The fourth-order valence-corrected chi connectivity index (χ4v) is 5.24. The largest absolute Gasteiger partial charge is 0.386 e. The van der Waals surface area contributed by atoms with E-state index in [0.717, 1.165) is 11.6 Å². The smallest absolute Gasteiger partial charge is 0.317 e. The molecule has 1 fully saturated rings. The second kappa shape index (κ2) is 8.66. The predicted molar refractivity (Wildman–Crippen MR) is 122 cm³/mol. The Kier molecular flexibility index (Phi) is 5.66. The maximum Gasteiger partial charge on any atom is 0.317 e. The van der Waals surface area contributed by atoms with Gasteiger partial charge in [0.1, 0.15) is 11.7 Å². The lowest BCUT2D eigenvalue weighted by atomic mass is 9.74. The molecule has 178 valence electrons. The average Bonchev–Trinajstić information content (AvgIpc) is 2.98. The van der Waals surface area contributed by atoms with E-state index in [2.05, 4.69) is 20.6 Å². The molecule has 3 amide bonds. The second-order valence-corrected chi connectivity index (χ2v) is 9.11. The Morgan fingerprint density at radius 1 is 1.18 bits per heavy atom. The number of hydrogen-bond acceptors (Lipinski definition) is 5. The number of amidine groups is 1. The van der Waals surface area contributed by atoms with Crippen molar-refractivity contribution >= 4 is 23.6 Å². The molecule has 3 aliphatic heterocycles. The highest BCUT2D eigenvalue weighted by Crippen LogP contribution is 2.43. The van der Waals surface area contributed by atoms with E-state index in [0.29, 0.717) is 44.6 Å². The lowest BCUT2D eigenvalue weighted by molar-refractivity contribution is -0.122. The minimum absolute atomic E-state index is 0.0722. The van der Waals surface area contributed by atoms with Crippen molar-refractivity contribution < 1.29 is 18.4 Å². The number of aliphatic imine (C=N–C) groups is 1. The van der Waals surface area contributed by atoms with Crippen LogP contribution in [0.25, 0.3) is 0 Å². The number of anilines is 1. The standard InChI is InChI=1S/C24H26F2N6O2/c25-17-5-1-3-15(19(17)26)14-6-7-18(20(27)29-13-14)30-23(34)32-11-8-24(9-12-32)16-4-2-10-28-21(16)31-22(24)33/h1-5,10,14,18H,6-9,11-13H2,(H2,27,29)(H,30,34)(H,28,31,33)/t14-,18-/m1/s1. The molecule has 0 bridgehead atoms. The van der Waals surface area contributed by atoms with E-state index in [1.165, 1.54) is 6.07 Å². The molecule has 2 atom stereocenters. The minimum atomic E-state index is -0.888. The topological polar surface area (TPSA) is 113 Å². The molecule has 3 aliphatic rings. The zero-order chi connectivity index (χ0) is 23.9. The van der Waals surface area contributed by atoms with E-state index in [9.17, 15) is 18.4 Å². The number of urea groups is 1. The summed E-state index contributed by atoms with van der Waals surface area (Å²) in [4.78, 5) is 36.0. The fraction of sp³-hybridized carbons (Fsp3) is 0.417. The van der Waals surface area contributed by atoms with Crippen molar-refractivity contribution in [2.24, 2.45) is 10.7 Å². The molecular formula is C24H26F2N6O2. The molecule has 4 heterocycles. The van der Waals surface area contributed by atoms with E-state index in [1.54, 1.807) is 17.2 Å². The Hall–Kier alpha value is -3.56. The maximum atomic E-state index is 14.2. The Bertz CT molecular complexity index is 1160. The van der Waals surface area contributed by atoms with Crippen molar-refractivity contribution in [3.05, 3.63) is 59.3 Å². The summed E-state index contributed by atoms with van der Waals surface area (Å²) in [6, 6.07) is 7.08. The number of amides is 3. The minimum Gasteiger partial charge on any atom is -0.386 e. The van der Waals surface area contributed by atoms with Crippen LogP contribution in [0.4, 0.5) is 19.4 Å². The van der Waals surface area contributed by atoms with Crippen molar-refractivity contribution in [1.29, 1.82) is 0 Å². The molecule has 1 saturated heterocycles. The first kappa shape index (κ1) is 22.2. The summed E-state index contributed by atoms with van der Waals surface area (Å²) in [5.74, 6) is -1.27. The normalized spacial score (nSPS) is 23.6. The summed E-state index contributed by atoms with van der Waals surface area (Å²) in [6.45, 7) is 1.05. The first-order valence-electron chi connectivity index (χ1n) is 11.4. The zero-order valence-electron chi connectivity index (χ0n) is 18.6. The van der Waals surface area contributed by atoms with Crippen molar-refractivity contribution in [3.8, 4) is 0 Å². The number of carbonyl (C=O) groups excluding carboxylic acids is 2. The molecule has 5 rings (SSSR count). The molecule has 1 aromatic heterocycles. The van der Waals surface area contributed by atoms with Crippen LogP contribution in [0.2, 0.25) is 0 Å². The van der Waals surface area contributed by atoms with E-state index in [4.69, 9.17) is 5.73 Å². The predicted octanol–water partition coefficient (Wildman–Crippen LogP) is 2.66. The van der Waals surface area contributed by atoms with Crippen LogP contribution in [0.15, 0.2) is 41.5 Å². The van der Waals surface area contributed by atoms with Gasteiger partial charge in [0.05, 0.1) is 11.5 Å². The number of nitrogens with two attached hydrogens (primary N) is 1. The second-order valence-electron chi connectivity index (χ2n) is 9.11. The van der Waals surface area contributed by atoms with Gasteiger partial charge >= 0.3 is 6.03 Å². The number of likely N-dealkylation sites (tertiary alicyclic amines) is 1. The van der Waals surface area contributed by atoms with Crippen LogP contribution in [0, 0.1) is 11.6 Å². The summed E-state index contributed by atoms with van der Waals surface area (Å²) >= 11 is 0. The number of carbonyl (C=O) groups is 2. The molecular weight excluding hydrogens is 442 g/mol. The number of rotatable bonds is 2. The highest BCUT2D eigenvalue weighted by molar-refractivity contribution is 6.05. The lowest BCUT2D eigenvalue weighted by Crippen LogP contribution is -2.54. The lowest BCUT2D eigenvalue weighted by Gasteiger charge is -2.38. The van der Waals surface area contributed by atoms with Crippen LogP contribution in [-0.4, -0.2) is 53.3 Å². The van der Waals surface area contributed by atoms with Gasteiger partial charge in [0.2, 0.25) is 5.91 Å². The third-order valence-corrected chi connectivity index (χ3v) is 7.27. The highest BCUT2D eigenvalue weighted by atomic mass is 19.2. The maximum absolute atomic E-state index is 14.2. The molecule has 2 aromatic rings. The van der Waals surface area contributed by atoms with E-state index >= 15 is 0 Å². The van der Waals surface area contributed by atoms with Gasteiger partial charge in [-0.15, -0.1) is 0 Å². The van der Waals surface area contributed by atoms with Crippen molar-refractivity contribution in [3.63, 3.8) is 0 Å². The van der Waals surface area contributed by atoms with Crippen LogP contribution in [0.1, 0.15) is 42.7 Å². The van der Waals surface area contributed by atoms with Crippen LogP contribution >= 0.6 is 0 Å². The molecule has 1 aromatic carbocycles. The quantitative estimate of drug-likeness (QED) is 0.629. The number of benzene rings is 1. The molecule has 1 spiro atoms. The molecule has 10 heteroatoms. The van der Waals surface area contributed by atoms with E-state index in [-0.39, 0.29) is 35.8 Å². The average molecular weight is 469 g/mol. The summed E-state index contributed by atoms with van der Waals surface area (Å²) in [5, 5.41) is 5.79. The third kappa shape index (κ3) is 3.76. The van der Waals surface area contributed by atoms with Crippen molar-refractivity contribution in [2.45, 2.75) is 43.1 Å². The van der Waals surface area contributed by atoms with Gasteiger partial charge in [-0.2, -0.15) is 0 Å². The molecule has 0 saturated carbocycles. The van der Waals surface area contributed by atoms with Crippen molar-refractivity contribution in [1.82, 2.24) is 15.2 Å². The first-order valence-corrected chi connectivity index (χ1v) is 11.4. The summed E-state index contributed by atoms with van der Waals surface area (Å²) in [7, 11) is 0. The number of fused-ring (bicyclic) bond motifs is 2. The molecule has 0 aliphatic carbocycles. The Morgan fingerprint density at radius 3 is 2.76 bits per heavy atom. The number of aromatic nitrogens is 1. The SMILES string of the molecule is NC1=NC[C@H](c2cccc(F)c2F)CC[C@H]1NC(=O)N1CCC2(CC1)C(=O)Nc1ncccc12. The Balaban J connectivity index is 1.22. The van der Waals surface area contributed by atoms with Gasteiger partial charge in [0, 0.05) is 37.3 Å². The van der Waals surface area contributed by atoms with E-state index in [1.807, 2.05) is 12.1 Å². The first-order chi connectivity index (χ1) is 16.4. The summed E-state index contributed by atoms with van der Waals surface area (Å²) in [5.41, 5.74) is 6.62. The number of halogens is 2. The van der Waals surface area contributed by atoms with Gasteiger partial charge in [-0.25, -0.2) is 18.6 Å². The number of piperidine rings is 1. The van der Waals surface area contributed by atoms with Crippen LogP contribution in [-0.2, 0) is 10.2 Å². The van der Waals surface area contributed by atoms with Crippen LogP contribution in [0.5, 0.6) is 0 Å².